The first-order valence-corrected chi connectivity index (χ1v) is 5.74. The summed E-state index contributed by atoms with van der Waals surface area (Å²) in [5.41, 5.74) is 8.84. The van der Waals surface area contributed by atoms with Crippen molar-refractivity contribution in [1.29, 1.82) is 0 Å². The molecule has 0 amide bonds. The quantitative estimate of drug-likeness (QED) is 0.651. The van der Waals surface area contributed by atoms with Gasteiger partial charge in [0.15, 0.2) is 0 Å². The van der Waals surface area contributed by atoms with Gasteiger partial charge in [-0.2, -0.15) is 0 Å². The summed E-state index contributed by atoms with van der Waals surface area (Å²) in [5, 5.41) is 1.44. The molecule has 0 aliphatic rings. The van der Waals surface area contributed by atoms with Crippen LogP contribution in [0.3, 0.4) is 0 Å². The smallest absolute Gasteiger partial charge is 0.123 e. The van der Waals surface area contributed by atoms with Crippen LogP contribution in [0.15, 0.2) is 48.8 Å². The van der Waals surface area contributed by atoms with Crippen LogP contribution in [0.4, 0.5) is 4.39 Å². The number of pyridine rings is 1. The molecule has 1 aromatic heterocycles. The van der Waals surface area contributed by atoms with Crippen LogP contribution in [-0.2, 0) is 0 Å². The van der Waals surface area contributed by atoms with Gasteiger partial charge in [-0.15, -0.1) is 0 Å². The monoisotopic (exact) mass is 258 g/mol. The molecule has 19 heavy (non-hydrogen) atoms. The Bertz CT molecular complexity index is 576. The van der Waals surface area contributed by atoms with E-state index in [2.05, 4.69) is 4.98 Å². The standard InChI is InChI=1S/C14H15FN4/c1-19(17)14(11-6-8-18-9-7-11)13(16)10-2-4-12(15)5-3-10/h2-9H,16-17H2,1H3/b14-13-. The maximum absolute atomic E-state index is 12.9. The summed E-state index contributed by atoms with van der Waals surface area (Å²) in [5.74, 6) is 5.54. The highest BCUT2D eigenvalue weighted by molar-refractivity contribution is 5.87. The predicted octanol–water partition coefficient (Wildman–Crippen LogP) is 1.81. The van der Waals surface area contributed by atoms with E-state index in [1.54, 1.807) is 31.6 Å². The highest BCUT2D eigenvalue weighted by Gasteiger charge is 2.11. The van der Waals surface area contributed by atoms with E-state index in [0.717, 1.165) is 5.56 Å². The molecule has 4 nitrogen and oxygen atoms in total. The molecule has 0 saturated carbocycles. The van der Waals surface area contributed by atoms with Crippen molar-refractivity contribution in [3.05, 3.63) is 65.7 Å². The lowest BCUT2D eigenvalue weighted by atomic mass is 10.1. The average molecular weight is 258 g/mol. The Hall–Kier alpha value is -2.40. The summed E-state index contributed by atoms with van der Waals surface area (Å²) in [6.07, 6.45) is 3.33. The van der Waals surface area contributed by atoms with Crippen molar-refractivity contribution >= 4 is 11.4 Å². The van der Waals surface area contributed by atoms with Crippen molar-refractivity contribution in [1.82, 2.24) is 9.99 Å². The van der Waals surface area contributed by atoms with Gasteiger partial charge in [-0.05, 0) is 42.0 Å². The van der Waals surface area contributed by atoms with Gasteiger partial charge in [-0.3, -0.25) is 4.98 Å². The molecule has 2 aromatic rings. The van der Waals surface area contributed by atoms with Gasteiger partial charge in [0.1, 0.15) is 5.82 Å². The molecule has 0 unspecified atom stereocenters. The lowest BCUT2D eigenvalue weighted by Gasteiger charge is -2.20. The molecule has 0 bridgehead atoms. The van der Waals surface area contributed by atoms with Crippen LogP contribution < -0.4 is 11.6 Å². The molecule has 0 aliphatic heterocycles. The van der Waals surface area contributed by atoms with Gasteiger partial charge < -0.3 is 10.7 Å². The van der Waals surface area contributed by atoms with Gasteiger partial charge in [-0.1, -0.05) is 0 Å². The summed E-state index contributed by atoms with van der Waals surface area (Å²) >= 11 is 0. The normalized spacial score (nSPS) is 11.9. The number of rotatable bonds is 3. The zero-order valence-electron chi connectivity index (χ0n) is 10.5. The number of nitrogens with zero attached hydrogens (tertiary/aromatic N) is 2. The van der Waals surface area contributed by atoms with E-state index in [-0.39, 0.29) is 5.82 Å². The first-order valence-electron chi connectivity index (χ1n) is 5.74. The minimum absolute atomic E-state index is 0.303. The Kier molecular flexibility index (Phi) is 3.77. The summed E-state index contributed by atoms with van der Waals surface area (Å²) in [6.45, 7) is 0. The Morgan fingerprint density at radius 1 is 1.05 bits per heavy atom. The number of hydrazine groups is 1. The highest BCUT2D eigenvalue weighted by atomic mass is 19.1. The van der Waals surface area contributed by atoms with E-state index >= 15 is 0 Å². The Labute approximate surface area is 111 Å². The largest absolute Gasteiger partial charge is 0.397 e. The lowest BCUT2D eigenvalue weighted by Crippen LogP contribution is -2.26. The maximum atomic E-state index is 12.9. The van der Waals surface area contributed by atoms with Crippen molar-refractivity contribution in [2.45, 2.75) is 0 Å². The molecule has 0 fully saturated rings. The summed E-state index contributed by atoms with van der Waals surface area (Å²) in [4.78, 5) is 3.96. The van der Waals surface area contributed by atoms with Crippen molar-refractivity contribution in [3.63, 3.8) is 0 Å². The van der Waals surface area contributed by atoms with Crippen molar-refractivity contribution in [2.75, 3.05) is 7.05 Å². The van der Waals surface area contributed by atoms with E-state index < -0.39 is 0 Å². The van der Waals surface area contributed by atoms with Gasteiger partial charge in [0.05, 0.1) is 11.4 Å². The second-order valence-electron chi connectivity index (χ2n) is 4.12. The van der Waals surface area contributed by atoms with Gasteiger partial charge in [0, 0.05) is 25.0 Å². The second-order valence-corrected chi connectivity index (χ2v) is 4.12. The molecule has 1 heterocycles. The topological polar surface area (TPSA) is 68.2 Å². The van der Waals surface area contributed by atoms with E-state index in [1.807, 2.05) is 12.1 Å². The first kappa shape index (κ1) is 13.0. The molecule has 98 valence electrons. The first-order chi connectivity index (χ1) is 9.09. The number of hydrogen-bond donors (Lipinski definition) is 2. The Morgan fingerprint density at radius 3 is 2.16 bits per heavy atom. The van der Waals surface area contributed by atoms with E-state index in [9.17, 15) is 4.39 Å². The molecule has 0 spiro atoms. The molecule has 0 aliphatic carbocycles. The molecule has 0 atom stereocenters. The highest BCUT2D eigenvalue weighted by Crippen LogP contribution is 2.23. The number of halogens is 1. The van der Waals surface area contributed by atoms with Crippen LogP contribution in [0, 0.1) is 5.82 Å². The van der Waals surface area contributed by atoms with E-state index in [1.165, 1.54) is 17.1 Å². The molecule has 0 saturated heterocycles. The van der Waals surface area contributed by atoms with Gasteiger partial charge in [0.25, 0.3) is 0 Å². The summed E-state index contributed by atoms with van der Waals surface area (Å²) < 4.78 is 12.9. The van der Waals surface area contributed by atoms with Crippen molar-refractivity contribution in [3.8, 4) is 0 Å². The van der Waals surface area contributed by atoms with Crippen LogP contribution in [0.25, 0.3) is 11.4 Å². The average Bonchev–Trinajstić information content (AvgIpc) is 2.40. The molecule has 2 rings (SSSR count). The fourth-order valence-electron chi connectivity index (χ4n) is 1.83. The van der Waals surface area contributed by atoms with Gasteiger partial charge in [-0.25, -0.2) is 10.2 Å². The maximum Gasteiger partial charge on any atom is 0.123 e. The molecule has 0 radical (unpaired) electrons. The summed E-state index contributed by atoms with van der Waals surface area (Å²) in [6, 6.07) is 9.60. The zero-order chi connectivity index (χ0) is 13.8. The van der Waals surface area contributed by atoms with Crippen LogP contribution in [0.1, 0.15) is 11.1 Å². The fraction of sp³-hybridized carbons (Fsp3) is 0.0714. The predicted molar refractivity (Wildman–Crippen MR) is 73.6 cm³/mol. The second kappa shape index (κ2) is 5.49. The van der Waals surface area contributed by atoms with Crippen LogP contribution >= 0.6 is 0 Å². The van der Waals surface area contributed by atoms with E-state index in [0.29, 0.717) is 17.0 Å². The number of nitrogens with two attached hydrogens (primary N) is 2. The Morgan fingerprint density at radius 2 is 1.63 bits per heavy atom. The van der Waals surface area contributed by atoms with Crippen molar-refractivity contribution in [2.24, 2.45) is 11.6 Å². The summed E-state index contributed by atoms with van der Waals surface area (Å²) in [7, 11) is 1.70. The third-order valence-electron chi connectivity index (χ3n) is 2.72. The number of hydrogen-bond acceptors (Lipinski definition) is 4. The zero-order valence-corrected chi connectivity index (χ0v) is 10.5. The molecular weight excluding hydrogens is 243 g/mol. The third kappa shape index (κ3) is 2.89. The van der Waals surface area contributed by atoms with E-state index in [4.69, 9.17) is 11.6 Å². The number of benzene rings is 1. The fourth-order valence-corrected chi connectivity index (χ4v) is 1.83. The third-order valence-corrected chi connectivity index (χ3v) is 2.72. The molecule has 1 aromatic carbocycles. The van der Waals surface area contributed by atoms with Crippen LogP contribution in [0.5, 0.6) is 0 Å². The SMILES string of the molecule is CN(N)/C(=C(\N)c1ccc(F)cc1)c1ccncc1. The van der Waals surface area contributed by atoms with Gasteiger partial charge in [0.2, 0.25) is 0 Å². The van der Waals surface area contributed by atoms with Gasteiger partial charge >= 0.3 is 0 Å². The number of aromatic nitrogens is 1. The van der Waals surface area contributed by atoms with Crippen molar-refractivity contribution < 1.29 is 4.39 Å². The Balaban J connectivity index is 2.53. The molecular formula is C14H15FN4. The molecule has 4 N–H and O–H groups in total. The lowest BCUT2D eigenvalue weighted by molar-refractivity contribution is 0.511. The van der Waals surface area contributed by atoms with Crippen LogP contribution in [-0.4, -0.2) is 17.0 Å². The minimum Gasteiger partial charge on any atom is -0.397 e. The molecule has 5 heteroatoms. The van der Waals surface area contributed by atoms with Crippen LogP contribution in [0.2, 0.25) is 0 Å². The minimum atomic E-state index is -0.303.